The highest BCUT2D eigenvalue weighted by molar-refractivity contribution is 6.30. The molecular weight excluding hydrogens is 302 g/mol. The number of oxazole rings is 1. The molecule has 3 rings (SSSR count). The average molecular weight is 320 g/mol. The van der Waals surface area contributed by atoms with Gasteiger partial charge < -0.3 is 15.1 Å². The molecular formula is C16H18ClN3O2. The van der Waals surface area contributed by atoms with Gasteiger partial charge in [-0.1, -0.05) is 11.6 Å². The molecule has 5 nitrogen and oxygen atoms in total. The van der Waals surface area contributed by atoms with E-state index in [1.54, 1.807) is 12.1 Å². The van der Waals surface area contributed by atoms with Crippen LogP contribution in [-0.2, 0) is 11.2 Å². The minimum absolute atomic E-state index is 0.0112. The van der Waals surface area contributed by atoms with Crippen LogP contribution < -0.4 is 10.6 Å². The highest BCUT2D eigenvalue weighted by Crippen LogP contribution is 2.21. The van der Waals surface area contributed by atoms with Gasteiger partial charge in [-0.05, 0) is 50.2 Å². The van der Waals surface area contributed by atoms with E-state index in [-0.39, 0.29) is 18.4 Å². The minimum Gasteiger partial charge on any atom is -0.444 e. The molecule has 0 aliphatic carbocycles. The van der Waals surface area contributed by atoms with Gasteiger partial charge in [-0.25, -0.2) is 4.98 Å². The van der Waals surface area contributed by atoms with Gasteiger partial charge >= 0.3 is 0 Å². The number of rotatable bonds is 4. The molecule has 0 saturated carbocycles. The summed E-state index contributed by atoms with van der Waals surface area (Å²) in [5.41, 5.74) is 1.48. The highest BCUT2D eigenvalue weighted by atomic mass is 35.5. The van der Waals surface area contributed by atoms with Crippen LogP contribution in [0.4, 0.5) is 0 Å². The first-order valence-corrected chi connectivity index (χ1v) is 7.79. The molecule has 116 valence electrons. The Morgan fingerprint density at radius 2 is 2.05 bits per heavy atom. The number of benzene rings is 1. The van der Waals surface area contributed by atoms with E-state index in [4.69, 9.17) is 16.0 Å². The van der Waals surface area contributed by atoms with E-state index in [2.05, 4.69) is 15.6 Å². The monoisotopic (exact) mass is 319 g/mol. The van der Waals surface area contributed by atoms with Gasteiger partial charge in [-0.3, -0.25) is 4.79 Å². The fraction of sp³-hybridized carbons (Fsp3) is 0.375. The molecule has 0 bridgehead atoms. The Bertz CT molecular complexity index is 633. The molecule has 0 radical (unpaired) electrons. The van der Waals surface area contributed by atoms with Gasteiger partial charge in [-0.15, -0.1) is 0 Å². The maximum Gasteiger partial charge on any atom is 0.226 e. The second-order valence-electron chi connectivity index (χ2n) is 5.42. The Hall–Kier alpha value is -1.85. The van der Waals surface area contributed by atoms with E-state index in [0.29, 0.717) is 16.6 Å². The molecule has 1 fully saturated rings. The van der Waals surface area contributed by atoms with Gasteiger partial charge in [0.05, 0.1) is 12.1 Å². The van der Waals surface area contributed by atoms with Crippen LogP contribution in [0.5, 0.6) is 0 Å². The number of aromatic nitrogens is 1. The van der Waals surface area contributed by atoms with Crippen LogP contribution in [-0.4, -0.2) is 30.0 Å². The van der Waals surface area contributed by atoms with E-state index in [1.807, 2.05) is 12.1 Å². The molecule has 1 saturated heterocycles. The van der Waals surface area contributed by atoms with Crippen LogP contribution in [0, 0.1) is 0 Å². The van der Waals surface area contributed by atoms with Crippen LogP contribution >= 0.6 is 11.6 Å². The summed E-state index contributed by atoms with van der Waals surface area (Å²) in [6, 6.07) is 7.51. The number of piperidine rings is 1. The topological polar surface area (TPSA) is 67.2 Å². The van der Waals surface area contributed by atoms with Crippen LogP contribution in [0.2, 0.25) is 5.02 Å². The molecule has 2 heterocycles. The van der Waals surface area contributed by atoms with Gasteiger partial charge in [0, 0.05) is 16.6 Å². The van der Waals surface area contributed by atoms with E-state index < -0.39 is 0 Å². The highest BCUT2D eigenvalue weighted by Gasteiger charge is 2.17. The predicted octanol–water partition coefficient (Wildman–Crippen LogP) is 2.41. The summed E-state index contributed by atoms with van der Waals surface area (Å²) in [5, 5.41) is 6.98. The maximum atomic E-state index is 12.0. The van der Waals surface area contributed by atoms with Crippen molar-refractivity contribution >= 4 is 17.5 Å². The van der Waals surface area contributed by atoms with E-state index in [9.17, 15) is 4.79 Å². The van der Waals surface area contributed by atoms with Crippen molar-refractivity contribution in [3.63, 3.8) is 0 Å². The zero-order valence-electron chi connectivity index (χ0n) is 12.1. The molecule has 0 spiro atoms. The van der Waals surface area contributed by atoms with Gasteiger partial charge in [0.15, 0.2) is 0 Å². The predicted molar refractivity (Wildman–Crippen MR) is 84.7 cm³/mol. The number of hydrogen-bond acceptors (Lipinski definition) is 4. The van der Waals surface area contributed by atoms with Crippen molar-refractivity contribution in [2.75, 3.05) is 13.1 Å². The maximum absolute atomic E-state index is 12.0. The van der Waals surface area contributed by atoms with Crippen LogP contribution in [0.15, 0.2) is 34.9 Å². The normalized spacial score (nSPS) is 15.7. The first kappa shape index (κ1) is 15.1. The molecule has 0 atom stereocenters. The minimum atomic E-state index is -0.0112. The molecule has 1 aromatic heterocycles. The molecule has 1 aliphatic heterocycles. The lowest BCUT2D eigenvalue weighted by Gasteiger charge is -2.23. The summed E-state index contributed by atoms with van der Waals surface area (Å²) in [6.45, 7) is 1.91. The van der Waals surface area contributed by atoms with Crippen molar-refractivity contribution in [1.29, 1.82) is 0 Å². The molecule has 1 amide bonds. The number of amides is 1. The molecule has 1 aliphatic rings. The van der Waals surface area contributed by atoms with Crippen LogP contribution in [0.3, 0.4) is 0 Å². The lowest BCUT2D eigenvalue weighted by atomic mass is 10.1. The third-order valence-corrected chi connectivity index (χ3v) is 3.94. The fourth-order valence-corrected chi connectivity index (χ4v) is 2.65. The first-order valence-electron chi connectivity index (χ1n) is 7.41. The van der Waals surface area contributed by atoms with Gasteiger partial charge in [0.2, 0.25) is 11.8 Å². The zero-order valence-corrected chi connectivity index (χ0v) is 12.9. The summed E-state index contributed by atoms with van der Waals surface area (Å²) in [7, 11) is 0. The van der Waals surface area contributed by atoms with Gasteiger partial charge in [0.25, 0.3) is 0 Å². The molecule has 6 heteroatoms. The van der Waals surface area contributed by atoms with Crippen LogP contribution in [0.25, 0.3) is 11.5 Å². The number of nitrogens with zero attached hydrogens (tertiary/aromatic N) is 1. The van der Waals surface area contributed by atoms with Crippen molar-refractivity contribution in [2.24, 2.45) is 0 Å². The first-order chi connectivity index (χ1) is 10.7. The fourth-order valence-electron chi connectivity index (χ4n) is 2.52. The number of nitrogens with one attached hydrogen (secondary N) is 2. The third kappa shape index (κ3) is 3.87. The zero-order chi connectivity index (χ0) is 15.4. The van der Waals surface area contributed by atoms with Crippen LogP contribution in [0.1, 0.15) is 18.5 Å². The Labute approximate surface area is 134 Å². The van der Waals surface area contributed by atoms with Crippen molar-refractivity contribution in [3.8, 4) is 11.5 Å². The third-order valence-electron chi connectivity index (χ3n) is 3.69. The summed E-state index contributed by atoms with van der Waals surface area (Å²) in [6.07, 6.45) is 3.72. The molecule has 22 heavy (non-hydrogen) atoms. The molecule has 2 aromatic rings. The smallest absolute Gasteiger partial charge is 0.226 e. The standard InChI is InChI=1S/C16H18ClN3O2/c17-12-3-1-11(2-4-12)16-20-14(10-22-16)9-15(21)19-13-5-7-18-8-6-13/h1-4,10,13,18H,5-9H2,(H,19,21). The van der Waals surface area contributed by atoms with E-state index >= 15 is 0 Å². The second kappa shape index (κ2) is 6.94. The average Bonchev–Trinajstić information content (AvgIpc) is 2.97. The summed E-state index contributed by atoms with van der Waals surface area (Å²) >= 11 is 5.86. The summed E-state index contributed by atoms with van der Waals surface area (Å²) in [4.78, 5) is 16.4. The van der Waals surface area contributed by atoms with Gasteiger partial charge in [0.1, 0.15) is 6.26 Å². The Kier molecular flexibility index (Phi) is 4.75. The Morgan fingerprint density at radius 1 is 1.32 bits per heavy atom. The SMILES string of the molecule is O=C(Cc1coc(-c2ccc(Cl)cc2)n1)NC1CCNCC1. The van der Waals surface area contributed by atoms with E-state index in [1.165, 1.54) is 6.26 Å². The second-order valence-corrected chi connectivity index (χ2v) is 5.86. The van der Waals surface area contributed by atoms with Crippen molar-refractivity contribution < 1.29 is 9.21 Å². The molecule has 2 N–H and O–H groups in total. The van der Waals surface area contributed by atoms with Gasteiger partial charge in [-0.2, -0.15) is 0 Å². The lowest BCUT2D eigenvalue weighted by Crippen LogP contribution is -2.43. The summed E-state index contributed by atoms with van der Waals surface area (Å²) in [5.74, 6) is 0.490. The number of hydrogen-bond donors (Lipinski definition) is 2. The lowest BCUT2D eigenvalue weighted by molar-refractivity contribution is -0.121. The van der Waals surface area contributed by atoms with Crippen molar-refractivity contribution in [1.82, 2.24) is 15.6 Å². The van der Waals surface area contributed by atoms with E-state index in [0.717, 1.165) is 31.5 Å². The summed E-state index contributed by atoms with van der Waals surface area (Å²) < 4.78 is 5.44. The molecule has 1 aromatic carbocycles. The number of halogens is 1. The molecule has 0 unspecified atom stereocenters. The quantitative estimate of drug-likeness (QED) is 0.908. The Morgan fingerprint density at radius 3 is 2.77 bits per heavy atom. The largest absolute Gasteiger partial charge is 0.444 e. The number of carbonyl (C=O) groups excluding carboxylic acids is 1. The number of carbonyl (C=O) groups is 1. The van der Waals surface area contributed by atoms with Crippen molar-refractivity contribution in [2.45, 2.75) is 25.3 Å². The van der Waals surface area contributed by atoms with Crippen molar-refractivity contribution in [3.05, 3.63) is 41.2 Å². The Balaban J connectivity index is 1.59.